The largest absolute Gasteiger partial charge is 0.478 e. The third-order valence-electron chi connectivity index (χ3n) is 4.15. The predicted octanol–water partition coefficient (Wildman–Crippen LogP) is 2.91. The molecule has 2 atom stereocenters. The Balaban J connectivity index is 1.58. The average Bonchev–Trinajstić information content (AvgIpc) is 2.69. The summed E-state index contributed by atoms with van der Waals surface area (Å²) in [5.41, 5.74) is 0.235. The van der Waals surface area contributed by atoms with E-state index in [-0.39, 0.29) is 16.4 Å². The van der Waals surface area contributed by atoms with E-state index in [2.05, 4.69) is 10.6 Å². The van der Waals surface area contributed by atoms with Gasteiger partial charge in [0.1, 0.15) is 5.75 Å². The summed E-state index contributed by atoms with van der Waals surface area (Å²) in [7, 11) is 0. The molecule has 0 aliphatic carbocycles. The number of nitrogens with zero attached hydrogens (tertiary/aromatic N) is 1. The molecular formula is C19H16ClN3O7. The lowest BCUT2D eigenvalue weighted by atomic mass is 10.1. The predicted molar refractivity (Wildman–Crippen MR) is 106 cm³/mol. The molecule has 2 amide bonds. The number of carbonyl (C=O) groups is 3. The minimum atomic E-state index is -1.24. The number of esters is 1. The van der Waals surface area contributed by atoms with Crippen molar-refractivity contribution in [3.63, 3.8) is 0 Å². The monoisotopic (exact) mass is 433 g/mol. The fourth-order valence-electron chi connectivity index (χ4n) is 2.63. The van der Waals surface area contributed by atoms with E-state index >= 15 is 0 Å². The molecule has 11 heteroatoms. The Bertz CT molecular complexity index is 1030. The van der Waals surface area contributed by atoms with E-state index in [4.69, 9.17) is 21.1 Å². The number of nitrogens with one attached hydrogen (secondary N) is 2. The molecule has 1 aliphatic rings. The molecule has 0 fully saturated rings. The van der Waals surface area contributed by atoms with Crippen molar-refractivity contribution in [1.29, 1.82) is 0 Å². The highest BCUT2D eigenvalue weighted by Gasteiger charge is 2.31. The van der Waals surface area contributed by atoms with Crippen molar-refractivity contribution < 1.29 is 28.8 Å². The minimum Gasteiger partial charge on any atom is -0.478 e. The summed E-state index contributed by atoms with van der Waals surface area (Å²) in [6.45, 7) is 1.32. The highest BCUT2D eigenvalue weighted by Crippen LogP contribution is 2.30. The first-order valence-electron chi connectivity index (χ1n) is 8.75. The molecular weight excluding hydrogens is 418 g/mol. The van der Waals surface area contributed by atoms with Gasteiger partial charge in [0.05, 0.1) is 27.7 Å². The summed E-state index contributed by atoms with van der Waals surface area (Å²) in [5, 5.41) is 15.9. The Hall–Kier alpha value is -3.66. The van der Waals surface area contributed by atoms with Gasteiger partial charge in [-0.25, -0.2) is 0 Å². The van der Waals surface area contributed by atoms with Crippen molar-refractivity contribution in [1.82, 2.24) is 0 Å². The van der Waals surface area contributed by atoms with Crippen LogP contribution < -0.4 is 15.4 Å². The minimum absolute atomic E-state index is 0.00497. The van der Waals surface area contributed by atoms with E-state index < -0.39 is 41.3 Å². The number of hydrogen-bond donors (Lipinski definition) is 2. The van der Waals surface area contributed by atoms with Crippen LogP contribution in [-0.4, -0.2) is 34.9 Å². The lowest BCUT2D eigenvalue weighted by molar-refractivity contribution is -0.384. The number of non-ortho nitro benzene ring substituents is 1. The van der Waals surface area contributed by atoms with Crippen LogP contribution in [0.1, 0.15) is 13.3 Å². The molecule has 0 bridgehead atoms. The fourth-order valence-corrected chi connectivity index (χ4v) is 2.80. The zero-order chi connectivity index (χ0) is 21.8. The molecule has 3 rings (SSSR count). The molecule has 10 nitrogen and oxygen atoms in total. The normalized spacial score (nSPS) is 15.8. The molecule has 0 aromatic heterocycles. The number of anilines is 2. The first-order chi connectivity index (χ1) is 14.2. The first kappa shape index (κ1) is 21.1. The number of carbonyl (C=O) groups excluding carboxylic acids is 3. The quantitative estimate of drug-likeness (QED) is 0.406. The molecule has 0 saturated carbocycles. The number of fused-ring (bicyclic) bond motifs is 1. The van der Waals surface area contributed by atoms with E-state index in [1.807, 2.05) is 0 Å². The van der Waals surface area contributed by atoms with Gasteiger partial charge in [-0.05, 0) is 25.1 Å². The molecule has 2 aromatic carbocycles. The van der Waals surface area contributed by atoms with E-state index in [0.717, 1.165) is 6.07 Å². The second-order valence-corrected chi connectivity index (χ2v) is 6.75. The van der Waals surface area contributed by atoms with Gasteiger partial charge < -0.3 is 20.1 Å². The van der Waals surface area contributed by atoms with Crippen LogP contribution in [-0.2, 0) is 19.1 Å². The van der Waals surface area contributed by atoms with Crippen LogP contribution in [0.4, 0.5) is 17.1 Å². The van der Waals surface area contributed by atoms with Crippen LogP contribution in [0.25, 0.3) is 0 Å². The van der Waals surface area contributed by atoms with Gasteiger partial charge in [0.2, 0.25) is 0 Å². The third kappa shape index (κ3) is 4.84. The number of nitro benzene ring substituents is 1. The van der Waals surface area contributed by atoms with E-state index in [0.29, 0.717) is 11.4 Å². The molecule has 0 saturated heterocycles. The number of amides is 2. The molecule has 2 aromatic rings. The Morgan fingerprint density at radius 1 is 1.33 bits per heavy atom. The Kier molecular flexibility index (Phi) is 6.17. The topological polar surface area (TPSA) is 137 Å². The van der Waals surface area contributed by atoms with Gasteiger partial charge in [-0.3, -0.25) is 24.5 Å². The van der Waals surface area contributed by atoms with Crippen molar-refractivity contribution in [3.8, 4) is 5.75 Å². The second-order valence-electron chi connectivity index (χ2n) is 6.34. The third-order valence-corrected chi connectivity index (χ3v) is 4.48. The Morgan fingerprint density at radius 2 is 2.07 bits per heavy atom. The number of halogens is 1. The van der Waals surface area contributed by atoms with Gasteiger partial charge in [0.25, 0.3) is 17.5 Å². The zero-order valence-electron chi connectivity index (χ0n) is 15.6. The summed E-state index contributed by atoms with van der Waals surface area (Å²) >= 11 is 5.94. The highest BCUT2D eigenvalue weighted by atomic mass is 35.5. The van der Waals surface area contributed by atoms with Gasteiger partial charge in [-0.1, -0.05) is 23.7 Å². The van der Waals surface area contributed by atoms with Gasteiger partial charge in [-0.2, -0.15) is 0 Å². The van der Waals surface area contributed by atoms with Crippen LogP contribution in [0.5, 0.6) is 5.75 Å². The van der Waals surface area contributed by atoms with Crippen molar-refractivity contribution in [2.24, 2.45) is 0 Å². The number of para-hydroxylation sites is 2. The Labute approximate surface area is 175 Å². The van der Waals surface area contributed by atoms with Crippen LogP contribution in [0.2, 0.25) is 5.02 Å². The van der Waals surface area contributed by atoms with Gasteiger partial charge in [0, 0.05) is 12.1 Å². The number of nitro groups is 1. The number of hydrogen-bond acceptors (Lipinski definition) is 7. The summed E-state index contributed by atoms with van der Waals surface area (Å²) in [6.07, 6.45) is -2.75. The second kappa shape index (κ2) is 8.78. The zero-order valence-corrected chi connectivity index (χ0v) is 16.3. The number of rotatable bonds is 6. The number of ether oxygens (including phenoxy) is 2. The van der Waals surface area contributed by atoms with Crippen molar-refractivity contribution in [2.45, 2.75) is 25.6 Å². The van der Waals surface area contributed by atoms with Crippen molar-refractivity contribution >= 4 is 46.4 Å². The molecule has 0 spiro atoms. The molecule has 0 radical (unpaired) electrons. The van der Waals surface area contributed by atoms with E-state index in [1.165, 1.54) is 19.1 Å². The fraction of sp³-hybridized carbons (Fsp3) is 0.211. The van der Waals surface area contributed by atoms with E-state index in [9.17, 15) is 24.5 Å². The SMILES string of the molecule is C[C@H](OC(=O)C[C@@H]1Oc2ccccc2NC1=O)C(=O)Nc1cc([N+](=O)[O-])ccc1Cl. The molecule has 0 unspecified atom stereocenters. The van der Waals surface area contributed by atoms with E-state index in [1.54, 1.807) is 24.3 Å². The van der Waals surface area contributed by atoms with Crippen LogP contribution in [0, 0.1) is 10.1 Å². The molecule has 1 aliphatic heterocycles. The summed E-state index contributed by atoms with van der Waals surface area (Å²) in [4.78, 5) is 46.8. The van der Waals surface area contributed by atoms with Crippen LogP contribution in [0.3, 0.4) is 0 Å². The Morgan fingerprint density at radius 3 is 2.80 bits per heavy atom. The average molecular weight is 434 g/mol. The van der Waals surface area contributed by atoms with Gasteiger partial charge in [-0.15, -0.1) is 0 Å². The lowest BCUT2D eigenvalue weighted by Gasteiger charge is -2.25. The molecule has 1 heterocycles. The van der Waals surface area contributed by atoms with Gasteiger partial charge in [0.15, 0.2) is 12.2 Å². The van der Waals surface area contributed by atoms with Crippen molar-refractivity contribution in [2.75, 3.05) is 10.6 Å². The van der Waals surface area contributed by atoms with Gasteiger partial charge >= 0.3 is 5.97 Å². The molecule has 30 heavy (non-hydrogen) atoms. The summed E-state index contributed by atoms with van der Waals surface area (Å²) in [5.74, 6) is -1.67. The van der Waals surface area contributed by atoms with Crippen LogP contribution >= 0.6 is 11.6 Å². The molecule has 2 N–H and O–H groups in total. The van der Waals surface area contributed by atoms with Crippen LogP contribution in [0.15, 0.2) is 42.5 Å². The maximum atomic E-state index is 12.3. The summed E-state index contributed by atoms with van der Waals surface area (Å²) in [6, 6.07) is 10.3. The highest BCUT2D eigenvalue weighted by molar-refractivity contribution is 6.33. The maximum absolute atomic E-state index is 12.3. The summed E-state index contributed by atoms with van der Waals surface area (Å²) < 4.78 is 10.6. The first-order valence-corrected chi connectivity index (χ1v) is 9.13. The number of benzene rings is 2. The maximum Gasteiger partial charge on any atom is 0.310 e. The smallest absolute Gasteiger partial charge is 0.310 e. The van der Waals surface area contributed by atoms with Crippen molar-refractivity contribution in [3.05, 3.63) is 57.6 Å². The lowest BCUT2D eigenvalue weighted by Crippen LogP contribution is -2.40. The standard InChI is InChI=1S/C19H16ClN3O7/c1-10(18(25)22-14-8-11(23(27)28)6-7-12(14)20)29-17(24)9-16-19(26)21-13-4-2-3-5-15(13)30-16/h2-8,10,16H,9H2,1H3,(H,21,26)(H,22,25)/t10-,16-/m0/s1. The molecule has 156 valence electrons.